The zero-order valence-corrected chi connectivity index (χ0v) is 8.75. The van der Waals surface area contributed by atoms with Crippen molar-refractivity contribution < 1.29 is 4.74 Å². The number of nitrogens with one attached hydrogen (secondary N) is 1. The van der Waals surface area contributed by atoms with E-state index in [4.69, 9.17) is 4.74 Å². The van der Waals surface area contributed by atoms with Crippen LogP contribution in [-0.2, 0) is 4.74 Å². The van der Waals surface area contributed by atoms with Gasteiger partial charge in [-0.05, 0) is 38.5 Å². The van der Waals surface area contributed by atoms with Crippen molar-refractivity contribution in [1.29, 1.82) is 0 Å². The van der Waals surface area contributed by atoms with Crippen LogP contribution in [0.15, 0.2) is 0 Å². The van der Waals surface area contributed by atoms with E-state index in [9.17, 15) is 0 Å². The summed E-state index contributed by atoms with van der Waals surface area (Å²) in [5.41, 5.74) is 0. The fourth-order valence-electron chi connectivity index (χ4n) is 2.51. The number of hydrogen-bond donors (Lipinski definition) is 1. The molecule has 1 aliphatic carbocycles. The van der Waals surface area contributed by atoms with Gasteiger partial charge in [0.1, 0.15) is 0 Å². The van der Waals surface area contributed by atoms with Gasteiger partial charge in [0.25, 0.3) is 0 Å². The van der Waals surface area contributed by atoms with Crippen LogP contribution in [0.3, 0.4) is 0 Å². The lowest BCUT2D eigenvalue weighted by Crippen LogP contribution is -2.48. The molecule has 0 bridgehead atoms. The lowest BCUT2D eigenvalue weighted by molar-refractivity contribution is 0.0703. The number of rotatable bonds is 3. The van der Waals surface area contributed by atoms with Gasteiger partial charge in [0.05, 0.1) is 6.10 Å². The summed E-state index contributed by atoms with van der Waals surface area (Å²) in [6.07, 6.45) is 5.69. The molecule has 2 heteroatoms. The summed E-state index contributed by atoms with van der Waals surface area (Å²) in [6.45, 7) is 5.56. The Morgan fingerprint density at radius 1 is 1.38 bits per heavy atom. The molecule has 76 valence electrons. The van der Waals surface area contributed by atoms with Gasteiger partial charge in [-0.15, -0.1) is 0 Å². The first-order valence-electron chi connectivity index (χ1n) is 5.63. The van der Waals surface area contributed by atoms with Gasteiger partial charge in [0.2, 0.25) is 0 Å². The van der Waals surface area contributed by atoms with Crippen molar-refractivity contribution in [2.24, 2.45) is 5.92 Å². The molecule has 0 spiro atoms. The third-order valence-corrected chi connectivity index (χ3v) is 3.39. The summed E-state index contributed by atoms with van der Waals surface area (Å²) >= 11 is 0. The SMILES string of the molecule is CC1CC(NC(C)C2CCCO2)C1. The molecule has 0 aromatic carbocycles. The van der Waals surface area contributed by atoms with Crippen LogP contribution in [0.4, 0.5) is 0 Å². The maximum atomic E-state index is 5.65. The average molecular weight is 183 g/mol. The summed E-state index contributed by atoms with van der Waals surface area (Å²) < 4.78 is 5.65. The van der Waals surface area contributed by atoms with Gasteiger partial charge in [0, 0.05) is 18.7 Å². The van der Waals surface area contributed by atoms with E-state index in [-0.39, 0.29) is 0 Å². The highest BCUT2D eigenvalue weighted by Gasteiger charge is 2.29. The van der Waals surface area contributed by atoms with Gasteiger partial charge in [-0.2, -0.15) is 0 Å². The van der Waals surface area contributed by atoms with Gasteiger partial charge in [-0.1, -0.05) is 6.92 Å². The first kappa shape index (κ1) is 9.47. The molecule has 2 rings (SSSR count). The second-order valence-corrected chi connectivity index (χ2v) is 4.78. The molecule has 0 aromatic rings. The lowest BCUT2D eigenvalue weighted by Gasteiger charge is -2.37. The largest absolute Gasteiger partial charge is 0.377 e. The first-order valence-corrected chi connectivity index (χ1v) is 5.63. The summed E-state index contributed by atoms with van der Waals surface area (Å²) in [5, 5.41) is 3.66. The van der Waals surface area contributed by atoms with Gasteiger partial charge < -0.3 is 10.1 Å². The fourth-order valence-corrected chi connectivity index (χ4v) is 2.51. The highest BCUT2D eigenvalue weighted by Crippen LogP contribution is 2.27. The third kappa shape index (κ3) is 2.23. The standard InChI is InChI=1S/C11H21NO/c1-8-6-10(7-8)12-9(2)11-4-3-5-13-11/h8-12H,3-7H2,1-2H3. The normalized spacial score (nSPS) is 41.5. The Bertz CT molecular complexity index is 159. The molecule has 13 heavy (non-hydrogen) atoms. The van der Waals surface area contributed by atoms with E-state index in [1.807, 2.05) is 0 Å². The van der Waals surface area contributed by atoms with E-state index in [2.05, 4.69) is 19.2 Å². The predicted octanol–water partition coefficient (Wildman–Crippen LogP) is 1.94. The van der Waals surface area contributed by atoms with Crippen molar-refractivity contribution in [3.05, 3.63) is 0 Å². The molecule has 0 amide bonds. The smallest absolute Gasteiger partial charge is 0.0726 e. The molecular weight excluding hydrogens is 162 g/mol. The van der Waals surface area contributed by atoms with Crippen molar-refractivity contribution in [3.8, 4) is 0 Å². The molecule has 1 aliphatic heterocycles. The van der Waals surface area contributed by atoms with Crippen molar-refractivity contribution in [1.82, 2.24) is 5.32 Å². The van der Waals surface area contributed by atoms with Crippen molar-refractivity contribution >= 4 is 0 Å². The van der Waals surface area contributed by atoms with Gasteiger partial charge >= 0.3 is 0 Å². The molecule has 1 saturated heterocycles. The Morgan fingerprint density at radius 2 is 2.15 bits per heavy atom. The van der Waals surface area contributed by atoms with E-state index >= 15 is 0 Å². The summed E-state index contributed by atoms with van der Waals surface area (Å²) in [7, 11) is 0. The number of ether oxygens (including phenoxy) is 1. The molecule has 0 aromatic heterocycles. The van der Waals surface area contributed by atoms with Crippen LogP contribution in [0.25, 0.3) is 0 Å². The van der Waals surface area contributed by atoms with Crippen molar-refractivity contribution in [3.63, 3.8) is 0 Å². The lowest BCUT2D eigenvalue weighted by atomic mass is 9.81. The minimum atomic E-state index is 0.482. The Hall–Kier alpha value is -0.0800. The summed E-state index contributed by atoms with van der Waals surface area (Å²) in [6, 6.07) is 1.33. The minimum Gasteiger partial charge on any atom is -0.377 e. The van der Waals surface area contributed by atoms with Crippen LogP contribution in [0.5, 0.6) is 0 Å². The molecule has 1 saturated carbocycles. The fraction of sp³-hybridized carbons (Fsp3) is 1.00. The Kier molecular flexibility index (Phi) is 2.89. The molecule has 0 radical (unpaired) electrons. The zero-order valence-electron chi connectivity index (χ0n) is 8.75. The van der Waals surface area contributed by atoms with Crippen LogP contribution in [-0.4, -0.2) is 24.8 Å². The highest BCUT2D eigenvalue weighted by molar-refractivity contribution is 4.87. The van der Waals surface area contributed by atoms with Crippen LogP contribution >= 0.6 is 0 Å². The summed E-state index contributed by atoms with van der Waals surface area (Å²) in [5.74, 6) is 0.939. The average Bonchev–Trinajstić information content (AvgIpc) is 2.53. The van der Waals surface area contributed by atoms with Gasteiger partial charge in [-0.3, -0.25) is 0 Å². The van der Waals surface area contributed by atoms with Crippen LogP contribution in [0, 0.1) is 5.92 Å². The second-order valence-electron chi connectivity index (χ2n) is 4.78. The molecule has 1 heterocycles. The van der Waals surface area contributed by atoms with Crippen molar-refractivity contribution in [2.75, 3.05) is 6.61 Å². The van der Waals surface area contributed by atoms with Crippen LogP contribution < -0.4 is 5.32 Å². The Morgan fingerprint density at radius 3 is 2.69 bits per heavy atom. The van der Waals surface area contributed by atoms with Crippen molar-refractivity contribution in [2.45, 2.75) is 57.7 Å². The molecule has 2 unspecified atom stereocenters. The zero-order chi connectivity index (χ0) is 9.26. The quantitative estimate of drug-likeness (QED) is 0.722. The van der Waals surface area contributed by atoms with E-state index in [1.165, 1.54) is 25.7 Å². The van der Waals surface area contributed by atoms with Crippen LogP contribution in [0.2, 0.25) is 0 Å². The third-order valence-electron chi connectivity index (χ3n) is 3.39. The second kappa shape index (κ2) is 3.97. The highest BCUT2D eigenvalue weighted by atomic mass is 16.5. The molecule has 1 N–H and O–H groups in total. The Labute approximate surface area is 81.0 Å². The molecule has 2 atom stereocenters. The van der Waals surface area contributed by atoms with Gasteiger partial charge in [0.15, 0.2) is 0 Å². The molecular formula is C11H21NO. The monoisotopic (exact) mass is 183 g/mol. The Balaban J connectivity index is 1.68. The van der Waals surface area contributed by atoms with E-state index in [0.717, 1.165) is 18.6 Å². The molecule has 2 fully saturated rings. The predicted molar refractivity (Wildman–Crippen MR) is 53.8 cm³/mol. The number of hydrogen-bond acceptors (Lipinski definition) is 2. The summed E-state index contributed by atoms with van der Waals surface area (Å²) in [4.78, 5) is 0. The van der Waals surface area contributed by atoms with Gasteiger partial charge in [-0.25, -0.2) is 0 Å². The van der Waals surface area contributed by atoms with E-state index < -0.39 is 0 Å². The maximum Gasteiger partial charge on any atom is 0.0726 e. The van der Waals surface area contributed by atoms with E-state index in [0.29, 0.717) is 12.1 Å². The first-order chi connectivity index (χ1) is 6.25. The molecule has 2 aliphatic rings. The topological polar surface area (TPSA) is 21.3 Å². The minimum absolute atomic E-state index is 0.482. The van der Waals surface area contributed by atoms with E-state index in [1.54, 1.807) is 0 Å². The molecule has 2 nitrogen and oxygen atoms in total. The maximum absolute atomic E-state index is 5.65. The van der Waals surface area contributed by atoms with Crippen LogP contribution in [0.1, 0.15) is 39.5 Å².